The summed E-state index contributed by atoms with van der Waals surface area (Å²) < 4.78 is 5.10. The van der Waals surface area contributed by atoms with Crippen LogP contribution in [-0.4, -0.2) is 53.4 Å². The summed E-state index contributed by atoms with van der Waals surface area (Å²) in [5.41, 5.74) is 3.26. The maximum absolute atomic E-state index is 12.8. The van der Waals surface area contributed by atoms with Gasteiger partial charge >= 0.3 is 5.97 Å². The van der Waals surface area contributed by atoms with Crippen molar-refractivity contribution in [1.82, 2.24) is 15.2 Å². The molecule has 0 radical (unpaired) electrons. The molecular weight excluding hydrogens is 394 g/mol. The molecule has 2 N–H and O–H groups in total. The summed E-state index contributed by atoms with van der Waals surface area (Å²) in [5, 5.41) is 3.23. The predicted molar refractivity (Wildman–Crippen MR) is 119 cm³/mol. The molecule has 7 heteroatoms. The molecule has 0 atom stereocenters. The van der Waals surface area contributed by atoms with Gasteiger partial charge in [0.1, 0.15) is 5.69 Å². The first kappa shape index (κ1) is 23.4. The third-order valence-corrected chi connectivity index (χ3v) is 6.83. The first-order valence-corrected chi connectivity index (χ1v) is 11.8. The van der Waals surface area contributed by atoms with E-state index in [4.69, 9.17) is 4.74 Å². The average Bonchev–Trinajstić information content (AvgIpc) is 3.06. The zero-order valence-corrected chi connectivity index (χ0v) is 19.2. The molecule has 0 aromatic carbocycles. The fourth-order valence-electron chi connectivity index (χ4n) is 4.92. The number of carbonyl (C=O) groups excluding carboxylic acids is 3. The van der Waals surface area contributed by atoms with Crippen molar-refractivity contribution in [2.24, 2.45) is 5.92 Å². The quantitative estimate of drug-likeness (QED) is 0.647. The number of carbonyl (C=O) groups is 3. The number of nitrogens with zero attached hydrogens (tertiary/aromatic N) is 1. The van der Waals surface area contributed by atoms with Gasteiger partial charge in [0, 0.05) is 37.2 Å². The van der Waals surface area contributed by atoms with Crippen LogP contribution in [0.25, 0.3) is 0 Å². The van der Waals surface area contributed by atoms with E-state index in [1.54, 1.807) is 6.92 Å². The fraction of sp³-hybridized carbons (Fsp3) is 0.708. The lowest BCUT2D eigenvalue weighted by Gasteiger charge is -2.33. The van der Waals surface area contributed by atoms with Crippen LogP contribution in [0, 0.1) is 19.8 Å². The molecule has 1 saturated heterocycles. The number of hydrogen-bond acceptors (Lipinski definition) is 4. The monoisotopic (exact) mass is 431 g/mol. The molecule has 0 spiro atoms. The summed E-state index contributed by atoms with van der Waals surface area (Å²) in [7, 11) is 0. The van der Waals surface area contributed by atoms with Gasteiger partial charge in [-0.1, -0.05) is 19.3 Å². The molecule has 2 aliphatic rings. The Kier molecular flexibility index (Phi) is 8.15. The zero-order chi connectivity index (χ0) is 22.4. The van der Waals surface area contributed by atoms with Crippen LogP contribution < -0.4 is 5.32 Å². The van der Waals surface area contributed by atoms with E-state index in [1.807, 2.05) is 18.7 Å². The van der Waals surface area contributed by atoms with E-state index in [1.165, 1.54) is 19.3 Å². The number of nitrogens with one attached hydrogen (secondary N) is 2. The minimum absolute atomic E-state index is 0.0206. The van der Waals surface area contributed by atoms with E-state index in [-0.39, 0.29) is 23.7 Å². The van der Waals surface area contributed by atoms with E-state index in [2.05, 4.69) is 10.3 Å². The summed E-state index contributed by atoms with van der Waals surface area (Å²) in [5.74, 6) is -0.0468. The molecule has 2 fully saturated rings. The Hall–Kier alpha value is -2.31. The van der Waals surface area contributed by atoms with Gasteiger partial charge in [0.05, 0.1) is 6.61 Å². The van der Waals surface area contributed by atoms with Crippen molar-refractivity contribution in [3.05, 3.63) is 22.5 Å². The summed E-state index contributed by atoms with van der Waals surface area (Å²) in [6, 6.07) is 0.341. The molecule has 31 heavy (non-hydrogen) atoms. The Bertz CT molecular complexity index is 787. The SMILES string of the molecule is CCOC(=O)c1[nH]c(C)c(CCC(=O)N2CCC(C(=O)NC3CCCCC3)CC2)c1C. The molecule has 1 aromatic rings. The number of esters is 1. The lowest BCUT2D eigenvalue weighted by Crippen LogP contribution is -2.45. The van der Waals surface area contributed by atoms with E-state index >= 15 is 0 Å². The molecule has 2 heterocycles. The smallest absolute Gasteiger partial charge is 0.355 e. The summed E-state index contributed by atoms with van der Waals surface area (Å²) in [6.45, 7) is 7.21. The van der Waals surface area contributed by atoms with Crippen LogP contribution in [0.5, 0.6) is 0 Å². The summed E-state index contributed by atoms with van der Waals surface area (Å²) in [4.78, 5) is 42.4. The van der Waals surface area contributed by atoms with Crippen molar-refractivity contribution in [3.63, 3.8) is 0 Å². The van der Waals surface area contributed by atoms with Crippen LogP contribution in [-0.2, 0) is 20.7 Å². The second kappa shape index (κ2) is 10.8. The Morgan fingerprint density at radius 1 is 1.06 bits per heavy atom. The first-order valence-electron chi connectivity index (χ1n) is 11.8. The van der Waals surface area contributed by atoms with Gasteiger partial charge in [0.25, 0.3) is 0 Å². The molecule has 7 nitrogen and oxygen atoms in total. The molecule has 1 aromatic heterocycles. The largest absolute Gasteiger partial charge is 0.461 e. The predicted octanol–water partition coefficient (Wildman–Crippen LogP) is 3.43. The summed E-state index contributed by atoms with van der Waals surface area (Å²) >= 11 is 0. The number of ether oxygens (including phenoxy) is 1. The first-order chi connectivity index (χ1) is 14.9. The average molecular weight is 432 g/mol. The van der Waals surface area contributed by atoms with Crippen molar-refractivity contribution in [1.29, 1.82) is 0 Å². The number of aromatic nitrogens is 1. The highest BCUT2D eigenvalue weighted by Crippen LogP contribution is 2.23. The Balaban J connectivity index is 1.46. The van der Waals surface area contributed by atoms with Gasteiger partial charge < -0.3 is 19.9 Å². The van der Waals surface area contributed by atoms with Gasteiger partial charge in [0.15, 0.2) is 0 Å². The lowest BCUT2D eigenvalue weighted by molar-refractivity contribution is -0.135. The van der Waals surface area contributed by atoms with Gasteiger partial charge in [-0.05, 0) is 64.0 Å². The van der Waals surface area contributed by atoms with Gasteiger partial charge in [-0.25, -0.2) is 4.79 Å². The van der Waals surface area contributed by atoms with Crippen molar-refractivity contribution in [2.75, 3.05) is 19.7 Å². The van der Waals surface area contributed by atoms with E-state index in [0.717, 1.165) is 42.5 Å². The second-order valence-corrected chi connectivity index (χ2v) is 8.95. The van der Waals surface area contributed by atoms with Crippen molar-refractivity contribution >= 4 is 17.8 Å². The maximum atomic E-state index is 12.8. The molecule has 0 unspecified atom stereocenters. The van der Waals surface area contributed by atoms with Crippen molar-refractivity contribution in [2.45, 2.75) is 84.6 Å². The maximum Gasteiger partial charge on any atom is 0.355 e. The van der Waals surface area contributed by atoms with Gasteiger partial charge in [-0.2, -0.15) is 0 Å². The van der Waals surface area contributed by atoms with Crippen LogP contribution in [0.3, 0.4) is 0 Å². The number of amides is 2. The topological polar surface area (TPSA) is 91.5 Å². The number of likely N-dealkylation sites (tertiary alicyclic amines) is 1. The molecule has 1 aliphatic carbocycles. The number of piperidine rings is 1. The van der Waals surface area contributed by atoms with Crippen molar-refractivity contribution in [3.8, 4) is 0 Å². The number of rotatable bonds is 7. The highest BCUT2D eigenvalue weighted by molar-refractivity contribution is 5.90. The molecular formula is C24H37N3O4. The molecule has 0 bridgehead atoms. The third-order valence-electron chi connectivity index (χ3n) is 6.83. The fourth-order valence-corrected chi connectivity index (χ4v) is 4.92. The number of hydrogen-bond donors (Lipinski definition) is 2. The normalized spacial score (nSPS) is 18.1. The number of aryl methyl sites for hydroxylation is 1. The third kappa shape index (κ3) is 5.89. The van der Waals surface area contributed by atoms with Gasteiger partial charge in [-0.15, -0.1) is 0 Å². The molecule has 3 rings (SSSR count). The van der Waals surface area contributed by atoms with Gasteiger partial charge in [-0.3, -0.25) is 9.59 Å². The van der Waals surface area contributed by atoms with Crippen molar-refractivity contribution < 1.29 is 19.1 Å². The molecule has 1 aliphatic heterocycles. The highest BCUT2D eigenvalue weighted by Gasteiger charge is 2.29. The van der Waals surface area contributed by atoms with Crippen LogP contribution in [0.1, 0.15) is 85.6 Å². The molecule has 1 saturated carbocycles. The van der Waals surface area contributed by atoms with E-state index < -0.39 is 0 Å². The zero-order valence-electron chi connectivity index (χ0n) is 19.2. The lowest BCUT2D eigenvalue weighted by atomic mass is 9.92. The minimum Gasteiger partial charge on any atom is -0.461 e. The van der Waals surface area contributed by atoms with Crippen LogP contribution in [0.4, 0.5) is 0 Å². The van der Waals surface area contributed by atoms with E-state index in [9.17, 15) is 14.4 Å². The Labute approximate surface area is 185 Å². The number of aromatic amines is 1. The standard InChI is InChI=1S/C24H37N3O4/c1-4-31-24(30)22-16(2)20(17(3)25-22)10-11-21(28)27-14-12-18(13-15-27)23(29)26-19-8-6-5-7-9-19/h18-19,25H,4-15H2,1-3H3,(H,26,29). The number of H-pyrrole nitrogens is 1. The molecule has 2 amide bonds. The summed E-state index contributed by atoms with van der Waals surface area (Å²) in [6.07, 6.45) is 8.35. The Morgan fingerprint density at radius 2 is 1.74 bits per heavy atom. The minimum atomic E-state index is -0.353. The highest BCUT2D eigenvalue weighted by atomic mass is 16.5. The van der Waals surface area contributed by atoms with Crippen LogP contribution in [0.15, 0.2) is 0 Å². The van der Waals surface area contributed by atoms with Gasteiger partial charge in [0.2, 0.25) is 11.8 Å². The van der Waals surface area contributed by atoms with E-state index in [0.29, 0.717) is 44.3 Å². The van der Waals surface area contributed by atoms with Crippen LogP contribution in [0.2, 0.25) is 0 Å². The molecule has 172 valence electrons. The second-order valence-electron chi connectivity index (χ2n) is 8.95. The van der Waals surface area contributed by atoms with Crippen LogP contribution >= 0.6 is 0 Å². The Morgan fingerprint density at radius 3 is 2.39 bits per heavy atom.